The van der Waals surface area contributed by atoms with Crippen LogP contribution in [0.4, 0.5) is 4.79 Å². The zero-order valence-electron chi connectivity index (χ0n) is 13.2. The molecule has 0 bridgehead atoms. The van der Waals surface area contributed by atoms with Crippen LogP contribution in [0.2, 0.25) is 0 Å². The van der Waals surface area contributed by atoms with E-state index in [1.807, 2.05) is 18.7 Å². The van der Waals surface area contributed by atoms with Crippen molar-refractivity contribution in [1.29, 1.82) is 0 Å². The Kier molecular flexibility index (Phi) is 4.76. The minimum Gasteiger partial charge on any atom is -0.481 e. The van der Waals surface area contributed by atoms with Gasteiger partial charge >= 0.3 is 12.0 Å². The number of amides is 2. The van der Waals surface area contributed by atoms with Crippen LogP contribution in [-0.2, 0) is 9.53 Å². The molecule has 2 aliphatic heterocycles. The van der Waals surface area contributed by atoms with Crippen LogP contribution in [0.3, 0.4) is 0 Å². The third-order valence-electron chi connectivity index (χ3n) is 5.15. The Balaban J connectivity index is 1.98. The molecule has 1 unspecified atom stereocenters. The standard InChI is InChI=1S/C15H26N2O4/c1-11(2)15(13(18)19)6-9-17(10-15)14(20)16-7-4-12(21-3)5-8-16/h11-12H,4-10H2,1-3H3,(H,18,19). The lowest BCUT2D eigenvalue weighted by Crippen LogP contribution is -2.48. The van der Waals surface area contributed by atoms with Gasteiger partial charge in [0.25, 0.3) is 0 Å². The van der Waals surface area contributed by atoms with Crippen LogP contribution in [0.5, 0.6) is 0 Å². The summed E-state index contributed by atoms with van der Waals surface area (Å²) in [7, 11) is 1.70. The molecule has 2 aliphatic rings. The number of hydrogen-bond acceptors (Lipinski definition) is 3. The van der Waals surface area contributed by atoms with Gasteiger partial charge in [-0.2, -0.15) is 0 Å². The van der Waals surface area contributed by atoms with Crippen molar-refractivity contribution < 1.29 is 19.4 Å². The molecule has 0 aliphatic carbocycles. The molecule has 0 aromatic rings. The quantitative estimate of drug-likeness (QED) is 0.860. The number of methoxy groups -OCH3 is 1. The van der Waals surface area contributed by atoms with Crippen LogP contribution >= 0.6 is 0 Å². The highest BCUT2D eigenvalue weighted by atomic mass is 16.5. The Bertz CT molecular complexity index is 404. The highest BCUT2D eigenvalue weighted by molar-refractivity contribution is 5.80. The summed E-state index contributed by atoms with van der Waals surface area (Å²) in [6.45, 7) is 6.08. The zero-order chi connectivity index (χ0) is 15.6. The van der Waals surface area contributed by atoms with Crippen molar-refractivity contribution in [2.75, 3.05) is 33.3 Å². The van der Waals surface area contributed by atoms with E-state index in [0.29, 0.717) is 32.6 Å². The molecule has 6 nitrogen and oxygen atoms in total. The van der Waals surface area contributed by atoms with Gasteiger partial charge in [-0.15, -0.1) is 0 Å². The fraction of sp³-hybridized carbons (Fsp3) is 0.867. The number of aliphatic carboxylic acids is 1. The lowest BCUT2D eigenvalue weighted by molar-refractivity contribution is -0.150. The van der Waals surface area contributed by atoms with E-state index < -0.39 is 11.4 Å². The van der Waals surface area contributed by atoms with Crippen LogP contribution in [-0.4, -0.2) is 66.3 Å². The van der Waals surface area contributed by atoms with E-state index in [-0.39, 0.29) is 18.1 Å². The lowest BCUT2D eigenvalue weighted by atomic mass is 9.76. The van der Waals surface area contributed by atoms with Crippen LogP contribution < -0.4 is 0 Å². The Morgan fingerprint density at radius 1 is 1.19 bits per heavy atom. The van der Waals surface area contributed by atoms with Gasteiger partial charge < -0.3 is 19.6 Å². The minimum absolute atomic E-state index is 0.0201. The fourth-order valence-corrected chi connectivity index (χ4v) is 3.37. The van der Waals surface area contributed by atoms with Crippen molar-refractivity contribution in [1.82, 2.24) is 9.80 Å². The van der Waals surface area contributed by atoms with E-state index in [1.54, 1.807) is 12.0 Å². The summed E-state index contributed by atoms with van der Waals surface area (Å²) in [4.78, 5) is 27.7. The van der Waals surface area contributed by atoms with Gasteiger partial charge in [0.05, 0.1) is 11.5 Å². The molecule has 0 spiro atoms. The fourth-order valence-electron chi connectivity index (χ4n) is 3.37. The molecule has 6 heteroatoms. The zero-order valence-corrected chi connectivity index (χ0v) is 13.2. The number of carbonyl (C=O) groups excluding carboxylic acids is 1. The number of rotatable bonds is 3. The van der Waals surface area contributed by atoms with Crippen LogP contribution in [0.15, 0.2) is 0 Å². The van der Waals surface area contributed by atoms with Gasteiger partial charge in [-0.3, -0.25) is 4.79 Å². The summed E-state index contributed by atoms with van der Waals surface area (Å²) in [6, 6.07) is -0.0201. The highest BCUT2D eigenvalue weighted by Crippen LogP contribution is 2.38. The molecular formula is C15H26N2O4. The smallest absolute Gasteiger partial charge is 0.320 e. The number of carboxylic acid groups (broad SMARTS) is 1. The van der Waals surface area contributed by atoms with E-state index in [2.05, 4.69) is 0 Å². The van der Waals surface area contributed by atoms with E-state index in [1.165, 1.54) is 0 Å². The molecule has 1 atom stereocenters. The number of piperidine rings is 1. The molecule has 2 rings (SSSR count). The van der Waals surface area contributed by atoms with Gasteiger partial charge in [-0.05, 0) is 25.2 Å². The van der Waals surface area contributed by atoms with Gasteiger partial charge in [0.2, 0.25) is 0 Å². The number of likely N-dealkylation sites (tertiary alicyclic amines) is 2. The number of ether oxygens (including phenoxy) is 1. The molecule has 2 amide bonds. The number of carbonyl (C=O) groups is 2. The molecule has 0 radical (unpaired) electrons. The number of carboxylic acids is 1. The third kappa shape index (κ3) is 3.00. The maximum Gasteiger partial charge on any atom is 0.320 e. The largest absolute Gasteiger partial charge is 0.481 e. The summed E-state index contributed by atoms with van der Waals surface area (Å²) in [5.41, 5.74) is -0.791. The first-order valence-electron chi connectivity index (χ1n) is 7.70. The van der Waals surface area contributed by atoms with Crippen molar-refractivity contribution in [2.45, 2.75) is 39.2 Å². The van der Waals surface area contributed by atoms with E-state index >= 15 is 0 Å². The molecule has 2 heterocycles. The van der Waals surface area contributed by atoms with Gasteiger partial charge in [-0.1, -0.05) is 13.8 Å². The second-order valence-corrected chi connectivity index (χ2v) is 6.49. The second-order valence-electron chi connectivity index (χ2n) is 6.49. The lowest BCUT2D eigenvalue weighted by Gasteiger charge is -2.35. The van der Waals surface area contributed by atoms with E-state index in [9.17, 15) is 14.7 Å². The highest BCUT2D eigenvalue weighted by Gasteiger charge is 2.49. The first-order chi connectivity index (χ1) is 9.90. The Morgan fingerprint density at radius 2 is 1.81 bits per heavy atom. The third-order valence-corrected chi connectivity index (χ3v) is 5.15. The van der Waals surface area contributed by atoms with Gasteiger partial charge in [0, 0.05) is 33.3 Å². The average molecular weight is 298 g/mol. The van der Waals surface area contributed by atoms with Gasteiger partial charge in [0.15, 0.2) is 0 Å². The summed E-state index contributed by atoms with van der Waals surface area (Å²) < 4.78 is 5.31. The Morgan fingerprint density at radius 3 is 2.24 bits per heavy atom. The van der Waals surface area contributed by atoms with Crippen molar-refractivity contribution in [3.8, 4) is 0 Å². The maximum absolute atomic E-state index is 12.5. The number of urea groups is 1. The van der Waals surface area contributed by atoms with Crippen LogP contribution in [0.25, 0.3) is 0 Å². The molecule has 2 fully saturated rings. The molecular weight excluding hydrogens is 272 g/mol. The van der Waals surface area contributed by atoms with Crippen molar-refractivity contribution in [2.24, 2.45) is 11.3 Å². The normalized spacial score (nSPS) is 27.4. The van der Waals surface area contributed by atoms with Gasteiger partial charge in [0.1, 0.15) is 0 Å². The monoisotopic (exact) mass is 298 g/mol. The van der Waals surface area contributed by atoms with Crippen molar-refractivity contribution >= 4 is 12.0 Å². The molecule has 0 saturated carbocycles. The van der Waals surface area contributed by atoms with Crippen LogP contribution in [0, 0.1) is 11.3 Å². The average Bonchev–Trinajstić information content (AvgIpc) is 2.93. The van der Waals surface area contributed by atoms with Crippen molar-refractivity contribution in [3.05, 3.63) is 0 Å². The summed E-state index contributed by atoms with van der Waals surface area (Å²) in [5.74, 6) is -0.766. The number of nitrogens with zero attached hydrogens (tertiary/aromatic N) is 2. The summed E-state index contributed by atoms with van der Waals surface area (Å²) >= 11 is 0. The molecule has 120 valence electrons. The van der Waals surface area contributed by atoms with Gasteiger partial charge in [-0.25, -0.2) is 4.79 Å². The topological polar surface area (TPSA) is 70.1 Å². The minimum atomic E-state index is -0.791. The van der Waals surface area contributed by atoms with E-state index in [0.717, 1.165) is 12.8 Å². The molecule has 21 heavy (non-hydrogen) atoms. The predicted molar refractivity (Wildman–Crippen MR) is 78.1 cm³/mol. The predicted octanol–water partition coefficient (Wildman–Crippen LogP) is 1.65. The molecule has 1 N–H and O–H groups in total. The first-order valence-corrected chi connectivity index (χ1v) is 7.70. The van der Waals surface area contributed by atoms with E-state index in [4.69, 9.17) is 4.74 Å². The van der Waals surface area contributed by atoms with Crippen LogP contribution in [0.1, 0.15) is 33.1 Å². The Labute approximate surface area is 126 Å². The molecule has 0 aromatic heterocycles. The molecule has 2 saturated heterocycles. The summed E-state index contributed by atoms with van der Waals surface area (Å²) in [6.07, 6.45) is 2.48. The first kappa shape index (κ1) is 16.1. The maximum atomic E-state index is 12.5. The Hall–Kier alpha value is -1.30. The molecule has 0 aromatic carbocycles. The SMILES string of the molecule is COC1CCN(C(=O)N2CCC(C(=O)O)(C(C)C)C2)CC1. The second kappa shape index (κ2) is 6.22. The number of hydrogen-bond donors (Lipinski definition) is 1. The summed E-state index contributed by atoms with van der Waals surface area (Å²) in [5, 5.41) is 9.54. The van der Waals surface area contributed by atoms with Crippen molar-refractivity contribution in [3.63, 3.8) is 0 Å².